The van der Waals surface area contributed by atoms with Crippen molar-refractivity contribution in [3.63, 3.8) is 0 Å². The number of hydrogen-bond acceptors (Lipinski definition) is 5. The van der Waals surface area contributed by atoms with E-state index in [1.165, 1.54) is 35.5 Å². The summed E-state index contributed by atoms with van der Waals surface area (Å²) in [5.41, 5.74) is 0. The van der Waals surface area contributed by atoms with Crippen molar-refractivity contribution in [3.8, 4) is 5.75 Å². The van der Waals surface area contributed by atoms with Gasteiger partial charge in [-0.25, -0.2) is 12.7 Å². The number of methoxy groups -OCH3 is 1. The first-order valence-corrected chi connectivity index (χ1v) is 10.7. The van der Waals surface area contributed by atoms with Crippen LogP contribution in [0.2, 0.25) is 0 Å². The van der Waals surface area contributed by atoms with Gasteiger partial charge < -0.3 is 15.0 Å². The van der Waals surface area contributed by atoms with Crippen LogP contribution in [-0.4, -0.2) is 69.3 Å². The Morgan fingerprint density at radius 2 is 1.79 bits per heavy atom. The summed E-state index contributed by atoms with van der Waals surface area (Å²) in [6.07, 6.45) is 0.540. The van der Waals surface area contributed by atoms with Gasteiger partial charge in [0.15, 0.2) is 0 Å². The highest BCUT2D eigenvalue weighted by molar-refractivity contribution is 7.89. The molecular weight excluding hydrogens is 382 g/mol. The van der Waals surface area contributed by atoms with Gasteiger partial charge in [0.05, 0.1) is 18.6 Å². The second kappa shape index (κ2) is 11.0. The van der Waals surface area contributed by atoms with Gasteiger partial charge in [0.25, 0.3) is 0 Å². The van der Waals surface area contributed by atoms with E-state index in [9.17, 15) is 18.0 Å². The molecule has 9 heteroatoms. The molecule has 158 valence electrons. The number of nitrogens with one attached hydrogen (secondary N) is 1. The molecule has 1 rings (SSSR count). The molecule has 0 heterocycles. The fraction of sp³-hybridized carbons (Fsp3) is 0.579. The summed E-state index contributed by atoms with van der Waals surface area (Å²) in [5, 5.41) is 2.75. The molecule has 1 aromatic carbocycles. The van der Waals surface area contributed by atoms with Crippen LogP contribution in [0.25, 0.3) is 0 Å². The number of amides is 2. The number of hydrogen-bond donors (Lipinski definition) is 1. The van der Waals surface area contributed by atoms with Crippen molar-refractivity contribution in [2.24, 2.45) is 0 Å². The van der Waals surface area contributed by atoms with Crippen molar-refractivity contribution in [1.82, 2.24) is 14.5 Å². The molecule has 0 saturated carbocycles. The van der Waals surface area contributed by atoms with Gasteiger partial charge in [-0.3, -0.25) is 9.59 Å². The summed E-state index contributed by atoms with van der Waals surface area (Å²) in [4.78, 5) is 25.8. The van der Waals surface area contributed by atoms with Crippen LogP contribution < -0.4 is 10.1 Å². The molecule has 8 nitrogen and oxygen atoms in total. The Morgan fingerprint density at radius 3 is 2.29 bits per heavy atom. The largest absolute Gasteiger partial charge is 0.497 e. The zero-order valence-corrected chi connectivity index (χ0v) is 18.1. The molecule has 0 fully saturated rings. The van der Waals surface area contributed by atoms with E-state index in [-0.39, 0.29) is 42.3 Å². The second-order valence-electron chi connectivity index (χ2n) is 6.74. The third-order valence-corrected chi connectivity index (χ3v) is 6.02. The Kier molecular flexibility index (Phi) is 9.40. The molecule has 1 aromatic rings. The molecule has 0 bridgehead atoms. The predicted octanol–water partition coefficient (Wildman–Crippen LogP) is 1.47. The molecule has 0 aliphatic rings. The Morgan fingerprint density at radius 1 is 1.18 bits per heavy atom. The minimum Gasteiger partial charge on any atom is -0.497 e. The highest BCUT2D eigenvalue weighted by Gasteiger charge is 2.21. The van der Waals surface area contributed by atoms with Crippen molar-refractivity contribution in [2.45, 2.75) is 44.6 Å². The van der Waals surface area contributed by atoms with Crippen molar-refractivity contribution in [2.75, 3.05) is 33.8 Å². The van der Waals surface area contributed by atoms with Crippen LogP contribution in [0.1, 0.15) is 33.6 Å². The van der Waals surface area contributed by atoms with E-state index in [1.54, 1.807) is 19.1 Å². The normalized spacial score (nSPS) is 11.5. The lowest BCUT2D eigenvalue weighted by Gasteiger charge is -2.22. The quantitative estimate of drug-likeness (QED) is 0.593. The van der Waals surface area contributed by atoms with E-state index in [0.717, 1.165) is 0 Å². The number of carbonyl (C=O) groups excluding carboxylic acids is 2. The molecule has 2 amide bonds. The maximum atomic E-state index is 12.6. The van der Waals surface area contributed by atoms with Gasteiger partial charge in [-0.2, -0.15) is 0 Å². The molecule has 0 spiro atoms. The van der Waals surface area contributed by atoms with Crippen LogP contribution in [-0.2, 0) is 19.6 Å². The Labute approximate surface area is 167 Å². The van der Waals surface area contributed by atoms with E-state index < -0.39 is 10.0 Å². The third-order valence-electron chi connectivity index (χ3n) is 4.15. The van der Waals surface area contributed by atoms with Crippen molar-refractivity contribution in [1.29, 1.82) is 0 Å². The van der Waals surface area contributed by atoms with E-state index in [1.807, 2.05) is 13.8 Å². The number of benzene rings is 1. The molecule has 0 unspecified atom stereocenters. The lowest BCUT2D eigenvalue weighted by atomic mass is 10.2. The fourth-order valence-electron chi connectivity index (χ4n) is 2.58. The number of carbonyl (C=O) groups is 2. The summed E-state index contributed by atoms with van der Waals surface area (Å²) < 4.78 is 31.4. The molecule has 1 N–H and O–H groups in total. The summed E-state index contributed by atoms with van der Waals surface area (Å²) in [5.74, 6) is 0.203. The maximum Gasteiger partial charge on any atom is 0.242 e. The fourth-order valence-corrected chi connectivity index (χ4v) is 3.79. The molecule has 0 atom stereocenters. The minimum atomic E-state index is -3.63. The van der Waals surface area contributed by atoms with E-state index in [2.05, 4.69) is 5.32 Å². The van der Waals surface area contributed by atoms with Crippen LogP contribution >= 0.6 is 0 Å². The molecule has 0 aromatic heterocycles. The smallest absolute Gasteiger partial charge is 0.242 e. The lowest BCUT2D eigenvalue weighted by Crippen LogP contribution is -2.42. The second-order valence-corrected chi connectivity index (χ2v) is 8.78. The standard InChI is InChI=1S/C19H31N3O5S/c1-6-22(14-18(23)20-15(2)3)19(24)8-7-13-21(4)28(25,26)17-11-9-16(27-5)10-12-17/h9-12,15H,6-8,13-14H2,1-5H3,(H,20,23). The minimum absolute atomic E-state index is 0.00744. The van der Waals surface area contributed by atoms with Gasteiger partial charge in [0.1, 0.15) is 5.75 Å². The van der Waals surface area contributed by atoms with Crippen molar-refractivity contribution < 1.29 is 22.7 Å². The molecule has 28 heavy (non-hydrogen) atoms. The highest BCUT2D eigenvalue weighted by atomic mass is 32.2. The summed E-state index contributed by atoms with van der Waals surface area (Å²) >= 11 is 0. The van der Waals surface area contributed by atoms with Crippen LogP contribution in [0, 0.1) is 0 Å². The third kappa shape index (κ3) is 7.12. The van der Waals surface area contributed by atoms with Gasteiger partial charge >= 0.3 is 0 Å². The number of ether oxygens (including phenoxy) is 1. The Bertz CT molecular complexity index is 747. The maximum absolute atomic E-state index is 12.6. The average molecular weight is 414 g/mol. The SMILES string of the molecule is CCN(CC(=O)NC(C)C)C(=O)CCCN(C)S(=O)(=O)c1ccc(OC)cc1. The molecule has 0 aliphatic heterocycles. The van der Waals surface area contributed by atoms with Gasteiger partial charge in [-0.05, 0) is 51.5 Å². The highest BCUT2D eigenvalue weighted by Crippen LogP contribution is 2.18. The first-order chi connectivity index (χ1) is 13.1. The summed E-state index contributed by atoms with van der Waals surface area (Å²) in [7, 11) is -0.635. The van der Waals surface area contributed by atoms with Crippen LogP contribution in [0.5, 0.6) is 5.75 Å². The van der Waals surface area contributed by atoms with Crippen LogP contribution in [0.3, 0.4) is 0 Å². The number of likely N-dealkylation sites (N-methyl/N-ethyl adjacent to an activating group) is 1. The van der Waals surface area contributed by atoms with E-state index in [4.69, 9.17) is 4.74 Å². The predicted molar refractivity (Wildman–Crippen MR) is 108 cm³/mol. The Hall–Kier alpha value is -2.13. The molecule has 0 aliphatic carbocycles. The average Bonchev–Trinajstić information content (AvgIpc) is 2.65. The summed E-state index contributed by atoms with van der Waals surface area (Å²) in [6, 6.07) is 6.17. The van der Waals surface area contributed by atoms with Crippen molar-refractivity contribution in [3.05, 3.63) is 24.3 Å². The summed E-state index contributed by atoms with van der Waals surface area (Å²) in [6.45, 7) is 6.15. The molecule has 0 saturated heterocycles. The monoisotopic (exact) mass is 413 g/mol. The van der Waals surface area contributed by atoms with Crippen LogP contribution in [0.15, 0.2) is 29.2 Å². The number of sulfonamides is 1. The van der Waals surface area contributed by atoms with Crippen molar-refractivity contribution >= 4 is 21.8 Å². The number of rotatable bonds is 11. The van der Waals surface area contributed by atoms with E-state index in [0.29, 0.717) is 18.7 Å². The number of nitrogens with zero attached hydrogens (tertiary/aromatic N) is 2. The van der Waals surface area contributed by atoms with Crippen LogP contribution in [0.4, 0.5) is 0 Å². The van der Waals surface area contributed by atoms with Gasteiger partial charge in [0.2, 0.25) is 21.8 Å². The first-order valence-electron chi connectivity index (χ1n) is 9.29. The first kappa shape index (κ1) is 23.9. The Balaban J connectivity index is 2.57. The van der Waals surface area contributed by atoms with Gasteiger partial charge in [-0.1, -0.05) is 0 Å². The topological polar surface area (TPSA) is 96.0 Å². The van der Waals surface area contributed by atoms with E-state index >= 15 is 0 Å². The molecular formula is C19H31N3O5S. The zero-order chi connectivity index (χ0) is 21.3. The van der Waals surface area contributed by atoms with Gasteiger partial charge in [-0.15, -0.1) is 0 Å². The van der Waals surface area contributed by atoms with Gasteiger partial charge in [0, 0.05) is 32.6 Å². The zero-order valence-electron chi connectivity index (χ0n) is 17.3. The lowest BCUT2D eigenvalue weighted by molar-refractivity contribution is -0.136. The molecule has 0 radical (unpaired) electrons.